The van der Waals surface area contributed by atoms with Gasteiger partial charge in [-0.2, -0.15) is 0 Å². The highest BCUT2D eigenvalue weighted by molar-refractivity contribution is 5.46. The van der Waals surface area contributed by atoms with Crippen LogP contribution in [0.1, 0.15) is 29.5 Å². The number of hydrogen-bond acceptors (Lipinski definition) is 5. The molecule has 1 fully saturated rings. The second kappa shape index (κ2) is 9.23. The second-order valence-electron chi connectivity index (χ2n) is 8.61. The summed E-state index contributed by atoms with van der Waals surface area (Å²) in [6.45, 7) is 3.65. The van der Waals surface area contributed by atoms with E-state index < -0.39 is 5.60 Å². The number of aliphatic hydroxyl groups is 1. The van der Waals surface area contributed by atoms with Gasteiger partial charge in [0.05, 0.1) is 5.60 Å². The molecular weight excluding hydrogens is 402 g/mol. The third kappa shape index (κ3) is 4.74. The van der Waals surface area contributed by atoms with Crippen LogP contribution in [0.3, 0.4) is 0 Å². The first kappa shape index (κ1) is 20.9. The maximum Gasteiger partial charge on any atom is 0.231 e. The summed E-state index contributed by atoms with van der Waals surface area (Å²) in [6, 6.07) is 24.4. The number of ether oxygens (including phenoxy) is 3. The monoisotopic (exact) mass is 431 g/mol. The van der Waals surface area contributed by atoms with Crippen LogP contribution in [0.5, 0.6) is 17.2 Å². The third-order valence-corrected chi connectivity index (χ3v) is 6.48. The van der Waals surface area contributed by atoms with Crippen molar-refractivity contribution in [3.63, 3.8) is 0 Å². The van der Waals surface area contributed by atoms with Gasteiger partial charge in [0.25, 0.3) is 0 Å². The van der Waals surface area contributed by atoms with Gasteiger partial charge >= 0.3 is 0 Å². The van der Waals surface area contributed by atoms with Gasteiger partial charge in [-0.1, -0.05) is 54.6 Å². The highest BCUT2D eigenvalue weighted by Crippen LogP contribution is 2.35. The van der Waals surface area contributed by atoms with Crippen LogP contribution >= 0.6 is 0 Å². The molecule has 0 saturated carbocycles. The number of benzene rings is 3. The SMILES string of the molecule is OC1(c2ccccc2)CCN(CCc2ccc(COc3ccc4c(c3)OCO4)cc2)CC1. The zero-order valence-electron chi connectivity index (χ0n) is 18.2. The Balaban J connectivity index is 1.08. The Bertz CT molecular complexity index is 1030. The summed E-state index contributed by atoms with van der Waals surface area (Å²) in [5.74, 6) is 2.27. The normalized spacial score (nSPS) is 17.3. The highest BCUT2D eigenvalue weighted by atomic mass is 16.7. The van der Waals surface area contributed by atoms with E-state index in [9.17, 15) is 5.11 Å². The molecule has 1 N–H and O–H groups in total. The standard InChI is InChI=1S/C27H29NO4/c29-27(23-4-2-1-3-5-23)13-16-28(17-14-27)15-12-21-6-8-22(9-7-21)19-30-24-10-11-25-26(18-24)32-20-31-25/h1-11,18,29H,12-17,19-20H2. The van der Waals surface area contributed by atoms with Crippen molar-refractivity contribution in [3.05, 3.63) is 89.5 Å². The van der Waals surface area contributed by atoms with E-state index >= 15 is 0 Å². The predicted molar refractivity (Wildman–Crippen MR) is 123 cm³/mol. The summed E-state index contributed by atoms with van der Waals surface area (Å²) in [5, 5.41) is 11.0. The van der Waals surface area contributed by atoms with Crippen LogP contribution in [0.4, 0.5) is 0 Å². The first-order valence-electron chi connectivity index (χ1n) is 11.3. The maximum atomic E-state index is 11.0. The Morgan fingerprint density at radius 3 is 2.34 bits per heavy atom. The van der Waals surface area contributed by atoms with Crippen LogP contribution in [-0.2, 0) is 18.6 Å². The van der Waals surface area contributed by atoms with Gasteiger partial charge in [-0.3, -0.25) is 0 Å². The molecule has 5 nitrogen and oxygen atoms in total. The molecule has 3 aromatic carbocycles. The highest BCUT2D eigenvalue weighted by Gasteiger charge is 2.33. The zero-order valence-corrected chi connectivity index (χ0v) is 18.2. The molecule has 0 aromatic heterocycles. The van der Waals surface area contributed by atoms with Crippen molar-refractivity contribution in [1.82, 2.24) is 4.90 Å². The number of fused-ring (bicyclic) bond motifs is 1. The summed E-state index contributed by atoms with van der Waals surface area (Å²) in [7, 11) is 0. The number of hydrogen-bond donors (Lipinski definition) is 1. The predicted octanol–water partition coefficient (Wildman–Crippen LogP) is 4.52. The zero-order chi connectivity index (χ0) is 21.8. The lowest BCUT2D eigenvalue weighted by Gasteiger charge is -2.38. The second-order valence-corrected chi connectivity index (χ2v) is 8.61. The average molecular weight is 432 g/mol. The molecule has 0 spiro atoms. The van der Waals surface area contributed by atoms with Crippen molar-refractivity contribution in [2.24, 2.45) is 0 Å². The smallest absolute Gasteiger partial charge is 0.231 e. The minimum absolute atomic E-state index is 0.269. The largest absolute Gasteiger partial charge is 0.489 e. The van der Waals surface area contributed by atoms with Crippen LogP contribution in [0.2, 0.25) is 0 Å². The lowest BCUT2D eigenvalue weighted by Crippen LogP contribution is -2.43. The Morgan fingerprint density at radius 1 is 0.844 bits per heavy atom. The molecule has 1 saturated heterocycles. The van der Waals surface area contributed by atoms with Crippen molar-refractivity contribution in [2.75, 3.05) is 26.4 Å². The van der Waals surface area contributed by atoms with Gasteiger partial charge in [-0.15, -0.1) is 0 Å². The molecule has 2 aliphatic rings. The number of piperidine rings is 1. The molecule has 0 radical (unpaired) electrons. The molecule has 5 heteroatoms. The summed E-state index contributed by atoms with van der Waals surface area (Å²) >= 11 is 0. The van der Waals surface area contributed by atoms with E-state index in [-0.39, 0.29) is 6.79 Å². The topological polar surface area (TPSA) is 51.2 Å². The van der Waals surface area contributed by atoms with Gasteiger partial charge in [-0.05, 0) is 48.1 Å². The van der Waals surface area contributed by atoms with E-state index in [1.807, 2.05) is 48.5 Å². The molecule has 32 heavy (non-hydrogen) atoms. The third-order valence-electron chi connectivity index (χ3n) is 6.48. The Kier molecular flexibility index (Phi) is 6.02. The maximum absolute atomic E-state index is 11.0. The molecule has 0 unspecified atom stereocenters. The number of nitrogens with zero attached hydrogens (tertiary/aromatic N) is 1. The fraction of sp³-hybridized carbons (Fsp3) is 0.333. The van der Waals surface area contributed by atoms with E-state index in [0.29, 0.717) is 6.61 Å². The summed E-state index contributed by atoms with van der Waals surface area (Å²) in [4.78, 5) is 2.45. The van der Waals surface area contributed by atoms with Crippen LogP contribution < -0.4 is 14.2 Å². The fourth-order valence-corrected chi connectivity index (χ4v) is 4.41. The fourth-order valence-electron chi connectivity index (χ4n) is 4.41. The van der Waals surface area contributed by atoms with Gasteiger partial charge in [0.15, 0.2) is 11.5 Å². The Labute approximate surface area is 189 Å². The van der Waals surface area contributed by atoms with E-state index in [1.165, 1.54) is 5.56 Å². The minimum atomic E-state index is -0.683. The van der Waals surface area contributed by atoms with Gasteiger partial charge < -0.3 is 24.2 Å². The molecule has 5 rings (SSSR count). The lowest BCUT2D eigenvalue weighted by molar-refractivity contribution is -0.0255. The van der Waals surface area contributed by atoms with Crippen LogP contribution in [-0.4, -0.2) is 36.4 Å². The molecule has 0 amide bonds. The number of rotatable bonds is 7. The van der Waals surface area contributed by atoms with Gasteiger partial charge in [0, 0.05) is 25.7 Å². The Hall–Kier alpha value is -3.02. The van der Waals surface area contributed by atoms with Crippen molar-refractivity contribution in [2.45, 2.75) is 31.5 Å². The van der Waals surface area contributed by atoms with E-state index in [0.717, 1.165) is 67.3 Å². The Morgan fingerprint density at radius 2 is 1.56 bits per heavy atom. The lowest BCUT2D eigenvalue weighted by atomic mass is 9.84. The van der Waals surface area contributed by atoms with Crippen molar-refractivity contribution < 1.29 is 19.3 Å². The molecule has 0 aliphatic carbocycles. The molecule has 0 bridgehead atoms. The van der Waals surface area contributed by atoms with Gasteiger partial charge in [0.2, 0.25) is 6.79 Å². The van der Waals surface area contributed by atoms with Gasteiger partial charge in [0.1, 0.15) is 12.4 Å². The molecule has 2 aliphatic heterocycles. The molecule has 166 valence electrons. The van der Waals surface area contributed by atoms with E-state index in [2.05, 4.69) is 29.2 Å². The van der Waals surface area contributed by atoms with E-state index in [4.69, 9.17) is 14.2 Å². The quantitative estimate of drug-likeness (QED) is 0.596. The number of likely N-dealkylation sites (tertiary alicyclic amines) is 1. The minimum Gasteiger partial charge on any atom is -0.489 e. The summed E-state index contributed by atoms with van der Waals surface area (Å²) in [6.07, 6.45) is 2.58. The first-order chi connectivity index (χ1) is 15.7. The van der Waals surface area contributed by atoms with Gasteiger partial charge in [-0.25, -0.2) is 0 Å². The van der Waals surface area contributed by atoms with Crippen molar-refractivity contribution in [1.29, 1.82) is 0 Å². The van der Waals surface area contributed by atoms with Crippen LogP contribution in [0, 0.1) is 0 Å². The van der Waals surface area contributed by atoms with Crippen LogP contribution in [0.15, 0.2) is 72.8 Å². The summed E-state index contributed by atoms with van der Waals surface area (Å²) in [5.41, 5.74) is 2.81. The molecule has 2 heterocycles. The van der Waals surface area contributed by atoms with E-state index in [1.54, 1.807) is 0 Å². The molecule has 0 atom stereocenters. The van der Waals surface area contributed by atoms with Crippen molar-refractivity contribution in [3.8, 4) is 17.2 Å². The molecular formula is C27H29NO4. The first-order valence-corrected chi connectivity index (χ1v) is 11.3. The van der Waals surface area contributed by atoms with Crippen LogP contribution in [0.25, 0.3) is 0 Å². The van der Waals surface area contributed by atoms with Crippen molar-refractivity contribution >= 4 is 0 Å². The summed E-state index contributed by atoms with van der Waals surface area (Å²) < 4.78 is 16.6. The molecule has 3 aromatic rings. The average Bonchev–Trinajstić information content (AvgIpc) is 3.32.